The lowest BCUT2D eigenvalue weighted by molar-refractivity contribution is -0.121. The van der Waals surface area contributed by atoms with Crippen molar-refractivity contribution in [1.82, 2.24) is 0 Å². The summed E-state index contributed by atoms with van der Waals surface area (Å²) in [6.45, 7) is 3.67. The average molecular weight is 294 g/mol. The number of carbonyl (C=O) groups excluding carboxylic acids is 2. The second kappa shape index (κ2) is 7.78. The highest BCUT2D eigenvalue weighted by molar-refractivity contribution is 6.23. The number of aliphatic hydroxyl groups excluding tert-OH is 1. The van der Waals surface area contributed by atoms with E-state index < -0.39 is 0 Å². The number of hydrogen-bond donors (Lipinski definition) is 1. The molecule has 0 saturated heterocycles. The van der Waals surface area contributed by atoms with E-state index in [1.807, 2.05) is 13.0 Å². The number of methoxy groups -OCH3 is 2. The molecule has 1 N–H and O–H groups in total. The largest absolute Gasteiger partial charge is 0.489 e. The van der Waals surface area contributed by atoms with Gasteiger partial charge in [-0.15, -0.1) is 0 Å². The van der Waals surface area contributed by atoms with E-state index in [4.69, 9.17) is 14.6 Å². The SMILES string of the molecule is COC1=C(OC)C(=O)C(CC/C(C)=C/CCO)=C(C)C1=O. The summed E-state index contributed by atoms with van der Waals surface area (Å²) in [5, 5.41) is 8.78. The minimum Gasteiger partial charge on any atom is -0.489 e. The molecule has 0 aliphatic heterocycles. The van der Waals surface area contributed by atoms with Crippen LogP contribution in [-0.2, 0) is 19.1 Å². The molecule has 5 heteroatoms. The van der Waals surface area contributed by atoms with Crippen molar-refractivity contribution in [2.75, 3.05) is 20.8 Å². The molecule has 5 nitrogen and oxygen atoms in total. The summed E-state index contributed by atoms with van der Waals surface area (Å²) in [5.74, 6) is -0.654. The minimum absolute atomic E-state index is 0.0277. The van der Waals surface area contributed by atoms with Crippen LogP contribution in [0.2, 0.25) is 0 Å². The van der Waals surface area contributed by atoms with E-state index in [0.29, 0.717) is 30.4 Å². The molecule has 0 bridgehead atoms. The quantitative estimate of drug-likeness (QED) is 0.575. The van der Waals surface area contributed by atoms with Gasteiger partial charge in [-0.1, -0.05) is 11.6 Å². The van der Waals surface area contributed by atoms with E-state index in [0.717, 1.165) is 5.57 Å². The molecule has 0 unspecified atom stereocenters. The second-order valence-corrected chi connectivity index (χ2v) is 4.89. The van der Waals surface area contributed by atoms with Crippen LogP contribution in [0, 0.1) is 0 Å². The highest BCUT2D eigenvalue weighted by Crippen LogP contribution is 2.29. The van der Waals surface area contributed by atoms with Crippen molar-refractivity contribution < 1.29 is 24.2 Å². The van der Waals surface area contributed by atoms with Gasteiger partial charge in [0.15, 0.2) is 0 Å². The molecule has 21 heavy (non-hydrogen) atoms. The van der Waals surface area contributed by atoms with Gasteiger partial charge in [-0.3, -0.25) is 9.59 Å². The summed E-state index contributed by atoms with van der Waals surface area (Å²) in [7, 11) is 2.70. The van der Waals surface area contributed by atoms with Gasteiger partial charge in [0, 0.05) is 17.8 Å². The Morgan fingerprint density at radius 1 is 1.14 bits per heavy atom. The first-order valence-corrected chi connectivity index (χ1v) is 6.85. The van der Waals surface area contributed by atoms with Gasteiger partial charge >= 0.3 is 0 Å². The molecule has 0 spiro atoms. The third-order valence-electron chi connectivity index (χ3n) is 3.49. The fourth-order valence-electron chi connectivity index (χ4n) is 2.23. The topological polar surface area (TPSA) is 72.8 Å². The van der Waals surface area contributed by atoms with Crippen LogP contribution < -0.4 is 0 Å². The first-order chi connectivity index (χ1) is 9.97. The highest BCUT2D eigenvalue weighted by atomic mass is 16.5. The number of ether oxygens (including phenoxy) is 2. The predicted octanol–water partition coefficient (Wildman–Crippen LogP) is 2.07. The van der Waals surface area contributed by atoms with Crippen LogP contribution in [0.1, 0.15) is 33.1 Å². The zero-order valence-corrected chi connectivity index (χ0v) is 13.0. The van der Waals surface area contributed by atoms with Crippen molar-refractivity contribution >= 4 is 11.6 Å². The Labute approximate surface area is 124 Å². The number of Topliss-reactive ketones (excluding diaryl/α,β-unsaturated/α-hetero) is 2. The third-order valence-corrected chi connectivity index (χ3v) is 3.49. The van der Waals surface area contributed by atoms with Gasteiger partial charge in [0.1, 0.15) is 0 Å². The molecule has 0 atom stereocenters. The molecule has 0 radical (unpaired) electrons. The summed E-state index contributed by atoms with van der Waals surface area (Å²) in [6, 6.07) is 0. The first-order valence-electron chi connectivity index (χ1n) is 6.85. The van der Waals surface area contributed by atoms with Crippen molar-refractivity contribution in [2.24, 2.45) is 0 Å². The summed E-state index contributed by atoms with van der Waals surface area (Å²) < 4.78 is 10.0. The number of carbonyl (C=O) groups is 2. The number of hydrogen-bond acceptors (Lipinski definition) is 5. The van der Waals surface area contributed by atoms with Crippen molar-refractivity contribution in [3.05, 3.63) is 34.3 Å². The zero-order chi connectivity index (χ0) is 16.0. The van der Waals surface area contributed by atoms with E-state index >= 15 is 0 Å². The monoisotopic (exact) mass is 294 g/mol. The number of aliphatic hydroxyl groups is 1. The molecule has 0 heterocycles. The van der Waals surface area contributed by atoms with Crippen LogP contribution in [0.5, 0.6) is 0 Å². The fourth-order valence-corrected chi connectivity index (χ4v) is 2.23. The second-order valence-electron chi connectivity index (χ2n) is 4.89. The molecule has 0 fully saturated rings. The Kier molecular flexibility index (Phi) is 6.37. The van der Waals surface area contributed by atoms with Crippen LogP contribution in [-0.4, -0.2) is 37.5 Å². The molecule has 0 amide bonds. The van der Waals surface area contributed by atoms with E-state index in [-0.39, 0.29) is 29.7 Å². The summed E-state index contributed by atoms with van der Waals surface area (Å²) >= 11 is 0. The summed E-state index contributed by atoms with van der Waals surface area (Å²) in [4.78, 5) is 24.6. The van der Waals surface area contributed by atoms with Crippen molar-refractivity contribution in [3.8, 4) is 0 Å². The molecule has 116 valence electrons. The maximum atomic E-state index is 12.4. The smallest absolute Gasteiger partial charge is 0.228 e. The lowest BCUT2D eigenvalue weighted by Gasteiger charge is -2.20. The predicted molar refractivity (Wildman–Crippen MR) is 78.5 cm³/mol. The van der Waals surface area contributed by atoms with Crippen molar-refractivity contribution in [3.63, 3.8) is 0 Å². The fraction of sp³-hybridized carbons (Fsp3) is 0.500. The van der Waals surface area contributed by atoms with E-state index in [9.17, 15) is 9.59 Å². The van der Waals surface area contributed by atoms with Gasteiger partial charge in [0.25, 0.3) is 0 Å². The maximum Gasteiger partial charge on any atom is 0.228 e. The third kappa shape index (κ3) is 3.82. The van der Waals surface area contributed by atoms with E-state index in [2.05, 4.69) is 0 Å². The van der Waals surface area contributed by atoms with Crippen molar-refractivity contribution in [2.45, 2.75) is 33.1 Å². The first kappa shape index (κ1) is 17.2. The van der Waals surface area contributed by atoms with E-state index in [1.165, 1.54) is 14.2 Å². The van der Waals surface area contributed by atoms with Crippen LogP contribution in [0.4, 0.5) is 0 Å². The van der Waals surface area contributed by atoms with Crippen LogP contribution in [0.25, 0.3) is 0 Å². The molecular weight excluding hydrogens is 272 g/mol. The molecule has 1 aliphatic carbocycles. The average Bonchev–Trinajstić information content (AvgIpc) is 2.48. The number of rotatable bonds is 7. The van der Waals surface area contributed by atoms with Crippen LogP contribution >= 0.6 is 0 Å². The van der Waals surface area contributed by atoms with E-state index in [1.54, 1.807) is 6.92 Å². The minimum atomic E-state index is -0.305. The summed E-state index contributed by atoms with van der Waals surface area (Å²) in [5.41, 5.74) is 1.95. The van der Waals surface area contributed by atoms with Crippen molar-refractivity contribution in [1.29, 1.82) is 0 Å². The maximum absolute atomic E-state index is 12.4. The Hall–Kier alpha value is -1.88. The Bertz CT molecular complexity index is 523. The van der Waals surface area contributed by atoms with Crippen LogP contribution in [0.3, 0.4) is 0 Å². The Balaban J connectivity index is 2.95. The lowest BCUT2D eigenvalue weighted by Crippen LogP contribution is -2.25. The number of allylic oxidation sites excluding steroid dienone is 3. The van der Waals surface area contributed by atoms with Gasteiger partial charge < -0.3 is 14.6 Å². The van der Waals surface area contributed by atoms with Gasteiger partial charge in [-0.2, -0.15) is 0 Å². The van der Waals surface area contributed by atoms with Gasteiger partial charge in [0.05, 0.1) is 14.2 Å². The number of ketones is 2. The molecule has 1 aliphatic rings. The Morgan fingerprint density at radius 2 is 1.71 bits per heavy atom. The van der Waals surface area contributed by atoms with Gasteiger partial charge in [0.2, 0.25) is 23.1 Å². The zero-order valence-electron chi connectivity index (χ0n) is 13.0. The van der Waals surface area contributed by atoms with Gasteiger partial charge in [-0.25, -0.2) is 0 Å². The molecule has 1 rings (SSSR count). The van der Waals surface area contributed by atoms with Gasteiger partial charge in [-0.05, 0) is 33.1 Å². The normalized spacial score (nSPS) is 16.7. The van der Waals surface area contributed by atoms with Crippen LogP contribution in [0.15, 0.2) is 34.3 Å². The molecule has 0 aromatic rings. The summed E-state index contributed by atoms with van der Waals surface area (Å²) in [6.07, 6.45) is 3.64. The highest BCUT2D eigenvalue weighted by Gasteiger charge is 2.34. The standard InChI is InChI=1S/C16H22O5/c1-10(6-5-9-17)7-8-12-11(2)13(18)15(20-3)16(21-4)14(12)19/h6,17H,5,7-9H2,1-4H3/b10-6+. The Morgan fingerprint density at radius 3 is 2.24 bits per heavy atom. The molecule has 0 saturated carbocycles. The molecule has 0 aromatic carbocycles. The lowest BCUT2D eigenvalue weighted by atomic mass is 9.89. The molecule has 0 aromatic heterocycles. The molecular formula is C16H22O5.